The van der Waals surface area contributed by atoms with Gasteiger partial charge in [-0.25, -0.2) is 0 Å². The Morgan fingerprint density at radius 1 is 0.800 bits per heavy atom. The van der Waals surface area contributed by atoms with Gasteiger partial charge < -0.3 is 25.6 Å². The maximum Gasteiger partial charge on any atom is 0.246 e. The normalized spacial score (nSPS) is 24.6. The molecule has 2 aromatic rings. The molecule has 9 heteroatoms. The lowest BCUT2D eigenvalue weighted by atomic mass is 10.0. The highest BCUT2D eigenvalue weighted by Gasteiger charge is 2.40. The average Bonchev–Trinajstić information content (AvgIpc) is 3.40. The molecule has 0 spiro atoms. The van der Waals surface area contributed by atoms with Gasteiger partial charge in [0.25, 0.3) is 0 Å². The maximum atomic E-state index is 13.8. The van der Waals surface area contributed by atoms with E-state index in [1.54, 1.807) is 4.90 Å². The van der Waals surface area contributed by atoms with Crippen LogP contribution >= 0.6 is 0 Å². The monoisotopic (exact) mass is 548 g/mol. The Hall–Kier alpha value is -3.72. The summed E-state index contributed by atoms with van der Waals surface area (Å²) in [7, 11) is 0. The summed E-state index contributed by atoms with van der Waals surface area (Å²) in [4.78, 5) is 55.8. The average molecular weight is 549 g/mol. The minimum Gasteiger partial charge on any atom is -0.373 e. The van der Waals surface area contributed by atoms with Crippen LogP contribution in [0.5, 0.6) is 0 Å². The molecule has 214 valence electrons. The van der Waals surface area contributed by atoms with E-state index in [0.717, 1.165) is 11.1 Å². The zero-order chi connectivity index (χ0) is 28.7. The van der Waals surface area contributed by atoms with Crippen molar-refractivity contribution < 1.29 is 23.9 Å². The van der Waals surface area contributed by atoms with Crippen molar-refractivity contribution in [3.8, 4) is 0 Å². The summed E-state index contributed by atoms with van der Waals surface area (Å²) in [5.41, 5.74) is 1.32. The summed E-state index contributed by atoms with van der Waals surface area (Å²) in [6, 6.07) is 16.0. The quantitative estimate of drug-likeness (QED) is 0.512. The van der Waals surface area contributed by atoms with Crippen LogP contribution in [-0.4, -0.2) is 71.4 Å². The van der Waals surface area contributed by atoms with Crippen LogP contribution in [-0.2, 0) is 36.8 Å². The smallest absolute Gasteiger partial charge is 0.246 e. The topological polar surface area (TPSA) is 117 Å². The number of nitrogens with one attached hydrogen (secondary N) is 3. The summed E-state index contributed by atoms with van der Waals surface area (Å²) in [6.07, 6.45) is 1.82. The van der Waals surface area contributed by atoms with Crippen molar-refractivity contribution in [3.05, 3.63) is 71.8 Å². The molecule has 0 saturated carbocycles. The molecule has 4 atom stereocenters. The fourth-order valence-corrected chi connectivity index (χ4v) is 5.19. The first kappa shape index (κ1) is 29.3. The molecule has 2 aromatic carbocycles. The van der Waals surface area contributed by atoms with Gasteiger partial charge in [0, 0.05) is 25.4 Å². The Kier molecular flexibility index (Phi) is 9.58. The highest BCUT2D eigenvalue weighted by Crippen LogP contribution is 2.21. The van der Waals surface area contributed by atoms with Gasteiger partial charge in [-0.15, -0.1) is 0 Å². The van der Waals surface area contributed by atoms with Crippen LogP contribution in [0.1, 0.15) is 51.2 Å². The first-order valence-corrected chi connectivity index (χ1v) is 14.0. The Balaban J connectivity index is 1.65. The van der Waals surface area contributed by atoms with Crippen LogP contribution in [0, 0.1) is 0 Å². The van der Waals surface area contributed by atoms with E-state index in [4.69, 9.17) is 4.74 Å². The summed E-state index contributed by atoms with van der Waals surface area (Å²) < 4.78 is 5.89. The Morgan fingerprint density at radius 3 is 2.05 bits per heavy atom. The van der Waals surface area contributed by atoms with Gasteiger partial charge in [-0.1, -0.05) is 60.7 Å². The lowest BCUT2D eigenvalue weighted by Crippen LogP contribution is -2.57. The molecule has 2 saturated heterocycles. The molecule has 2 aliphatic rings. The number of carbonyl (C=O) groups is 4. The van der Waals surface area contributed by atoms with Gasteiger partial charge in [0.15, 0.2) is 0 Å². The minimum atomic E-state index is -0.980. The van der Waals surface area contributed by atoms with Gasteiger partial charge in [-0.2, -0.15) is 0 Å². The van der Waals surface area contributed by atoms with Gasteiger partial charge in [0.2, 0.25) is 23.6 Å². The van der Waals surface area contributed by atoms with E-state index in [-0.39, 0.29) is 24.8 Å². The molecule has 4 amide bonds. The fraction of sp³-hybridized carbons (Fsp3) is 0.484. The SMILES string of the molecule is CC(C)(C)OCC1NC(=O)C2CCCN2C(=O)C(Cc2ccccc2)NC(=O)CC(Cc2ccccc2)NC1=O. The van der Waals surface area contributed by atoms with Crippen LogP contribution in [0.4, 0.5) is 0 Å². The van der Waals surface area contributed by atoms with Gasteiger partial charge in [0.1, 0.15) is 18.1 Å². The number of hydrogen-bond acceptors (Lipinski definition) is 5. The van der Waals surface area contributed by atoms with Crippen LogP contribution in [0.3, 0.4) is 0 Å². The molecule has 2 heterocycles. The molecule has 3 N–H and O–H groups in total. The van der Waals surface area contributed by atoms with Crippen LogP contribution in [0.2, 0.25) is 0 Å². The molecule has 0 aromatic heterocycles. The lowest BCUT2D eigenvalue weighted by Gasteiger charge is -2.30. The largest absolute Gasteiger partial charge is 0.373 e. The second kappa shape index (κ2) is 13.1. The molecular weight excluding hydrogens is 508 g/mol. The number of carbonyl (C=O) groups excluding carboxylic acids is 4. The Morgan fingerprint density at radius 2 is 1.43 bits per heavy atom. The van der Waals surface area contributed by atoms with Crippen molar-refractivity contribution in [1.29, 1.82) is 0 Å². The van der Waals surface area contributed by atoms with E-state index in [1.165, 1.54) is 0 Å². The molecular formula is C31H40N4O5. The lowest BCUT2D eigenvalue weighted by molar-refractivity contribution is -0.142. The second-order valence-electron chi connectivity index (χ2n) is 11.6. The third-order valence-electron chi connectivity index (χ3n) is 7.17. The minimum absolute atomic E-state index is 0.0244. The molecule has 2 fully saturated rings. The second-order valence-corrected chi connectivity index (χ2v) is 11.6. The van der Waals surface area contributed by atoms with E-state index in [9.17, 15) is 19.2 Å². The fourth-order valence-electron chi connectivity index (χ4n) is 5.19. The van der Waals surface area contributed by atoms with Crippen LogP contribution < -0.4 is 16.0 Å². The number of ether oxygens (including phenoxy) is 1. The molecule has 40 heavy (non-hydrogen) atoms. The predicted octanol–water partition coefficient (Wildman–Crippen LogP) is 2.14. The van der Waals surface area contributed by atoms with Crippen LogP contribution in [0.15, 0.2) is 60.7 Å². The molecule has 0 aliphatic carbocycles. The zero-order valence-electron chi connectivity index (χ0n) is 23.5. The highest BCUT2D eigenvalue weighted by atomic mass is 16.5. The van der Waals surface area contributed by atoms with Crippen molar-refractivity contribution in [2.24, 2.45) is 0 Å². The molecule has 9 nitrogen and oxygen atoms in total. The number of nitrogens with zero attached hydrogens (tertiary/aromatic N) is 1. The van der Waals surface area contributed by atoms with Gasteiger partial charge >= 0.3 is 0 Å². The summed E-state index contributed by atoms with van der Waals surface area (Å²) in [5.74, 6) is -1.46. The van der Waals surface area contributed by atoms with E-state index < -0.39 is 41.6 Å². The van der Waals surface area contributed by atoms with Gasteiger partial charge in [-0.05, 0) is 51.2 Å². The first-order chi connectivity index (χ1) is 19.1. The van der Waals surface area contributed by atoms with Crippen molar-refractivity contribution in [1.82, 2.24) is 20.9 Å². The van der Waals surface area contributed by atoms with Gasteiger partial charge in [-0.3, -0.25) is 19.2 Å². The predicted molar refractivity (Wildman–Crippen MR) is 151 cm³/mol. The van der Waals surface area contributed by atoms with E-state index in [1.807, 2.05) is 81.4 Å². The van der Waals surface area contributed by atoms with Crippen molar-refractivity contribution in [2.45, 2.75) is 82.6 Å². The van der Waals surface area contributed by atoms with Crippen molar-refractivity contribution in [2.75, 3.05) is 13.2 Å². The summed E-state index contributed by atoms with van der Waals surface area (Å²) in [5, 5.41) is 8.77. The van der Waals surface area contributed by atoms with E-state index >= 15 is 0 Å². The number of fused-ring (bicyclic) bond motifs is 1. The summed E-state index contributed by atoms with van der Waals surface area (Å²) >= 11 is 0. The first-order valence-electron chi connectivity index (χ1n) is 14.0. The van der Waals surface area contributed by atoms with E-state index in [0.29, 0.717) is 32.2 Å². The van der Waals surface area contributed by atoms with Gasteiger partial charge in [0.05, 0.1) is 12.2 Å². The third kappa shape index (κ3) is 8.14. The van der Waals surface area contributed by atoms with Crippen LogP contribution in [0.25, 0.3) is 0 Å². The molecule has 4 rings (SSSR count). The molecule has 2 aliphatic heterocycles. The van der Waals surface area contributed by atoms with Crippen molar-refractivity contribution in [3.63, 3.8) is 0 Å². The highest BCUT2D eigenvalue weighted by molar-refractivity contribution is 5.95. The number of rotatable bonds is 6. The van der Waals surface area contributed by atoms with E-state index in [2.05, 4.69) is 16.0 Å². The maximum absolute atomic E-state index is 13.8. The number of benzene rings is 2. The Labute approximate surface area is 236 Å². The molecule has 4 unspecified atom stereocenters. The summed E-state index contributed by atoms with van der Waals surface area (Å²) in [6.45, 7) is 5.99. The molecule has 0 radical (unpaired) electrons. The number of amides is 4. The number of hydrogen-bond donors (Lipinski definition) is 3. The third-order valence-corrected chi connectivity index (χ3v) is 7.17. The standard InChI is InChI=1S/C31H40N4O5/c1-31(2,3)40-20-25-28(37)32-23(17-21-11-6-4-7-12-21)19-27(36)33-24(18-22-13-8-5-9-14-22)30(39)35-16-10-15-26(35)29(38)34-25/h4-9,11-14,23-26H,10,15-20H2,1-3H3,(H,32,37)(H,33,36)(H,34,38). The molecule has 0 bridgehead atoms. The zero-order valence-corrected chi connectivity index (χ0v) is 23.5. The Bertz CT molecular complexity index is 1180. The van der Waals surface area contributed by atoms with Crippen molar-refractivity contribution >= 4 is 23.6 Å².